The Balaban J connectivity index is 2.61. The van der Waals surface area contributed by atoms with E-state index in [1.807, 2.05) is 0 Å². The summed E-state index contributed by atoms with van der Waals surface area (Å²) in [6, 6.07) is 0. The molecule has 1 rings (SSSR count). The van der Waals surface area contributed by atoms with Gasteiger partial charge < -0.3 is 0 Å². The molecule has 0 fully saturated rings. The summed E-state index contributed by atoms with van der Waals surface area (Å²) >= 11 is 5.22. The quantitative estimate of drug-likeness (QED) is 0.319. The van der Waals surface area contributed by atoms with Crippen molar-refractivity contribution < 1.29 is 4.11 Å². The average molecular weight is 93.5 g/mol. The van der Waals surface area contributed by atoms with Crippen LogP contribution in [0.15, 0.2) is 10.2 Å². The van der Waals surface area contributed by atoms with Crippen molar-refractivity contribution in [3.8, 4) is 0 Å². The maximum atomic E-state index is 6.66. The van der Waals surface area contributed by atoms with E-state index in [9.17, 15) is 0 Å². The minimum Gasteiger partial charge on any atom is -0.141 e. The highest BCUT2D eigenvalue weighted by Gasteiger charge is 2.29. The highest BCUT2D eigenvalue weighted by atomic mass is 35.5. The number of hydrogen-bond acceptors (Lipinski definition) is 2. The minimum absolute atomic E-state index is 1.59. The summed E-state index contributed by atoms with van der Waals surface area (Å²) < 4.78 is 20.0. The number of hydrogen-bond donors (Lipinski definition) is 0. The first-order valence-corrected chi connectivity index (χ1v) is 1.46. The van der Waals surface area contributed by atoms with Crippen molar-refractivity contribution in [3.05, 3.63) is 0 Å². The number of nitrogens with zero attached hydrogens (tertiary/aromatic N) is 2. The molecule has 0 amide bonds. The van der Waals surface area contributed by atoms with Gasteiger partial charge in [-0.05, 0) is 6.85 Å². The van der Waals surface area contributed by atoms with Crippen LogP contribution in [0.25, 0.3) is 0 Å². The molecule has 0 saturated heterocycles. The second-order valence-electron chi connectivity index (χ2n) is 0.787. The average Bonchev–Trinajstić information content (AvgIpc) is 2.16. The summed E-state index contributed by atoms with van der Waals surface area (Å²) in [7, 11) is 0. The summed E-state index contributed by atoms with van der Waals surface area (Å²) in [6.07, 6.45) is 0. The van der Waals surface area contributed by atoms with E-state index >= 15 is 0 Å². The molecule has 0 aromatic carbocycles. The zero-order valence-electron chi connectivity index (χ0n) is 5.27. The van der Waals surface area contributed by atoms with Gasteiger partial charge in [-0.1, -0.05) is 11.6 Å². The summed E-state index contributed by atoms with van der Waals surface area (Å²) in [5.74, 6) is 0. The lowest BCUT2D eigenvalue weighted by Crippen LogP contribution is -1.84. The maximum Gasteiger partial charge on any atom is 0.260 e. The molecular formula is C2H3ClN2. The second-order valence-corrected chi connectivity index (χ2v) is 1.31. The van der Waals surface area contributed by atoms with Crippen LogP contribution in [0, 0.1) is 0 Å². The van der Waals surface area contributed by atoms with Gasteiger partial charge in [0, 0.05) is 4.11 Å². The smallest absolute Gasteiger partial charge is 0.141 e. The Kier molecular flexibility index (Phi) is 0.124. The molecule has 5 heavy (non-hydrogen) atoms. The Labute approximate surface area is 39.1 Å². The fourth-order valence-corrected chi connectivity index (χ4v) is 0.0817. The van der Waals surface area contributed by atoms with Crippen molar-refractivity contribution in [2.45, 2.75) is 12.0 Å². The van der Waals surface area contributed by atoms with Gasteiger partial charge in [-0.2, -0.15) is 0 Å². The number of rotatable bonds is 0. The molecule has 2 nitrogen and oxygen atoms in total. The predicted molar refractivity (Wildman–Crippen MR) is 19.1 cm³/mol. The van der Waals surface area contributed by atoms with Gasteiger partial charge in [-0.15, -0.1) is 10.2 Å². The molecule has 0 spiro atoms. The Morgan fingerprint density at radius 2 is 2.60 bits per heavy atom. The van der Waals surface area contributed by atoms with Crippen molar-refractivity contribution >= 4 is 11.6 Å². The maximum absolute atomic E-state index is 6.66. The number of halogens is 1. The molecule has 1 aliphatic rings. The van der Waals surface area contributed by atoms with Crippen molar-refractivity contribution in [3.63, 3.8) is 0 Å². The van der Waals surface area contributed by atoms with Crippen LogP contribution >= 0.6 is 11.6 Å². The molecule has 0 N–H and O–H groups in total. The summed E-state index contributed by atoms with van der Waals surface area (Å²) in [5.41, 5.74) is 0. The van der Waals surface area contributed by atoms with E-state index in [1.165, 1.54) is 0 Å². The molecule has 0 atom stereocenters. The van der Waals surface area contributed by atoms with Gasteiger partial charge in [0.15, 0.2) is 0 Å². The lowest BCUT2D eigenvalue weighted by Gasteiger charge is -1.76. The molecule has 28 valence electrons. The monoisotopic (exact) mass is 93.0 g/mol. The van der Waals surface area contributed by atoms with Gasteiger partial charge in [0.1, 0.15) is 0 Å². The SMILES string of the molecule is [2H]C([2H])([2H])C1(Cl)N=N1. The van der Waals surface area contributed by atoms with Crippen LogP contribution in [0.5, 0.6) is 0 Å². The molecule has 0 bridgehead atoms. The van der Waals surface area contributed by atoms with Gasteiger partial charge in [0.25, 0.3) is 5.12 Å². The number of alkyl halides is 1. The molecule has 0 aromatic heterocycles. The van der Waals surface area contributed by atoms with Crippen LogP contribution in [0.2, 0.25) is 0 Å². The van der Waals surface area contributed by atoms with Crippen molar-refractivity contribution in [2.75, 3.05) is 0 Å². The first kappa shape index (κ1) is 1.19. The third-order valence-electron chi connectivity index (χ3n) is 0.276. The summed E-state index contributed by atoms with van der Waals surface area (Å²) in [4.78, 5) is 0. The third kappa shape index (κ3) is 0.581. The Hall–Kier alpha value is -0.110. The van der Waals surface area contributed by atoms with Gasteiger partial charge in [-0.25, -0.2) is 0 Å². The van der Waals surface area contributed by atoms with Gasteiger partial charge in [0.2, 0.25) is 0 Å². The van der Waals surface area contributed by atoms with E-state index in [0.29, 0.717) is 0 Å². The zero-order valence-corrected chi connectivity index (χ0v) is 3.03. The summed E-state index contributed by atoms with van der Waals surface area (Å²) in [5, 5.41) is 4.68. The van der Waals surface area contributed by atoms with Crippen molar-refractivity contribution in [1.82, 2.24) is 0 Å². The standard InChI is InChI=1S/C2H3ClN2/c1-2(3)4-5-2/h1H3/i1D3. The van der Waals surface area contributed by atoms with E-state index in [4.69, 9.17) is 15.7 Å². The van der Waals surface area contributed by atoms with Crippen LogP contribution in [0.3, 0.4) is 0 Å². The lowest BCUT2D eigenvalue weighted by atomic mass is 10.7. The topological polar surface area (TPSA) is 24.7 Å². The minimum atomic E-state index is -2.27. The Morgan fingerprint density at radius 3 is 2.60 bits per heavy atom. The fraction of sp³-hybridized carbons (Fsp3) is 1.00. The van der Waals surface area contributed by atoms with Crippen LogP contribution in [0.4, 0.5) is 0 Å². The van der Waals surface area contributed by atoms with Crippen LogP contribution < -0.4 is 0 Å². The second kappa shape index (κ2) is 0.522. The van der Waals surface area contributed by atoms with Crippen LogP contribution in [-0.4, -0.2) is 5.12 Å². The highest BCUT2D eigenvalue weighted by molar-refractivity contribution is 6.24. The van der Waals surface area contributed by atoms with E-state index in [1.54, 1.807) is 0 Å². The molecule has 3 heteroatoms. The molecule has 0 aromatic rings. The largest absolute Gasteiger partial charge is 0.260 e. The zero-order chi connectivity index (χ0) is 6.41. The first-order valence-electron chi connectivity index (χ1n) is 2.59. The lowest BCUT2D eigenvalue weighted by molar-refractivity contribution is 0.960. The van der Waals surface area contributed by atoms with E-state index in [-0.39, 0.29) is 0 Å². The Bertz CT molecular complexity index is 129. The first-order chi connectivity index (χ1) is 3.46. The molecule has 0 radical (unpaired) electrons. The Morgan fingerprint density at radius 1 is 2.00 bits per heavy atom. The van der Waals surface area contributed by atoms with Gasteiger partial charge in [-0.3, -0.25) is 0 Å². The predicted octanol–water partition coefficient (Wildman–Crippen LogP) is 1.36. The van der Waals surface area contributed by atoms with Crippen molar-refractivity contribution in [2.24, 2.45) is 10.2 Å². The molecular weight excluding hydrogens is 87.5 g/mol. The highest BCUT2D eigenvalue weighted by Crippen LogP contribution is 2.30. The van der Waals surface area contributed by atoms with Crippen LogP contribution in [0.1, 0.15) is 11.0 Å². The van der Waals surface area contributed by atoms with Gasteiger partial charge in [0.05, 0.1) is 0 Å². The van der Waals surface area contributed by atoms with Gasteiger partial charge >= 0.3 is 0 Å². The van der Waals surface area contributed by atoms with Crippen LogP contribution in [-0.2, 0) is 0 Å². The molecule has 1 aliphatic heterocycles. The third-order valence-corrected chi connectivity index (χ3v) is 0.427. The molecule has 0 unspecified atom stereocenters. The van der Waals surface area contributed by atoms with E-state index < -0.39 is 12.0 Å². The normalized spacial score (nSPS) is 38.2. The van der Waals surface area contributed by atoms with Crippen molar-refractivity contribution in [1.29, 1.82) is 0 Å². The van der Waals surface area contributed by atoms with E-state index in [0.717, 1.165) is 0 Å². The molecule has 0 aliphatic carbocycles. The fourth-order valence-electron chi connectivity index (χ4n) is 0.0439. The van der Waals surface area contributed by atoms with E-state index in [2.05, 4.69) is 10.2 Å². The molecule has 0 saturated carbocycles. The summed E-state index contributed by atoms with van der Waals surface area (Å²) in [6.45, 7) is -2.27. The molecule has 1 heterocycles.